The second-order valence-corrected chi connectivity index (χ2v) is 8.37. The molecule has 0 saturated carbocycles. The molecule has 2 heterocycles. The monoisotopic (exact) mass is 386 g/mol. The Bertz CT molecular complexity index is 852. The highest BCUT2D eigenvalue weighted by molar-refractivity contribution is 7.14. The van der Waals surface area contributed by atoms with Crippen molar-refractivity contribution in [2.24, 2.45) is 0 Å². The minimum atomic E-state index is -0.326. The quantitative estimate of drug-likeness (QED) is 0.551. The summed E-state index contributed by atoms with van der Waals surface area (Å²) in [4.78, 5) is 27.4. The number of hydrogen-bond donors (Lipinski definition) is 0. The molecule has 0 amide bonds. The Labute approximate surface area is 160 Å². The van der Waals surface area contributed by atoms with Gasteiger partial charge >= 0.3 is 11.9 Å². The Morgan fingerprint density at radius 1 is 0.769 bits per heavy atom. The van der Waals surface area contributed by atoms with Crippen molar-refractivity contribution in [3.63, 3.8) is 0 Å². The van der Waals surface area contributed by atoms with E-state index in [1.165, 1.54) is 22.7 Å². The molecule has 3 rings (SSSR count). The smallest absolute Gasteiger partial charge is 0.348 e. The van der Waals surface area contributed by atoms with Gasteiger partial charge in [0.05, 0.1) is 0 Å². The van der Waals surface area contributed by atoms with Crippen LogP contribution in [-0.2, 0) is 22.7 Å². The SMILES string of the molecule is Cc1ccc(C(=O)OCc2cccc(COC(=O)c3ccc(C)s3)c2)s1. The van der Waals surface area contributed by atoms with Crippen LogP contribution in [0, 0.1) is 13.8 Å². The number of aryl methyl sites for hydroxylation is 2. The molecule has 0 radical (unpaired) electrons. The van der Waals surface area contributed by atoms with E-state index in [2.05, 4.69) is 0 Å². The van der Waals surface area contributed by atoms with Crippen molar-refractivity contribution in [1.82, 2.24) is 0 Å². The molecule has 0 aliphatic rings. The molecule has 0 aliphatic heterocycles. The number of hydrogen-bond acceptors (Lipinski definition) is 6. The van der Waals surface area contributed by atoms with Gasteiger partial charge in [-0.15, -0.1) is 22.7 Å². The molecule has 3 aromatic rings. The van der Waals surface area contributed by atoms with Crippen LogP contribution in [0.2, 0.25) is 0 Å². The maximum Gasteiger partial charge on any atom is 0.348 e. The maximum absolute atomic E-state index is 12.0. The summed E-state index contributed by atoms with van der Waals surface area (Å²) in [5, 5.41) is 0. The fraction of sp³-hybridized carbons (Fsp3) is 0.200. The summed E-state index contributed by atoms with van der Waals surface area (Å²) < 4.78 is 10.7. The van der Waals surface area contributed by atoms with Gasteiger partial charge in [0.25, 0.3) is 0 Å². The van der Waals surface area contributed by atoms with E-state index in [0.29, 0.717) is 9.75 Å². The van der Waals surface area contributed by atoms with Gasteiger partial charge in [0, 0.05) is 9.75 Å². The Morgan fingerprint density at radius 2 is 1.23 bits per heavy atom. The number of thiophene rings is 2. The van der Waals surface area contributed by atoms with E-state index in [-0.39, 0.29) is 25.2 Å². The largest absolute Gasteiger partial charge is 0.457 e. The second-order valence-electron chi connectivity index (χ2n) is 5.79. The van der Waals surface area contributed by atoms with Crippen LogP contribution < -0.4 is 0 Å². The lowest BCUT2D eigenvalue weighted by Crippen LogP contribution is -2.05. The Balaban J connectivity index is 1.54. The highest BCUT2D eigenvalue weighted by atomic mass is 32.1. The highest BCUT2D eigenvalue weighted by Gasteiger charge is 2.11. The molecule has 0 spiro atoms. The van der Waals surface area contributed by atoms with Crippen LogP contribution in [0.25, 0.3) is 0 Å². The molecule has 1 aromatic carbocycles. The van der Waals surface area contributed by atoms with E-state index < -0.39 is 0 Å². The summed E-state index contributed by atoms with van der Waals surface area (Å²) in [6.07, 6.45) is 0. The third kappa shape index (κ3) is 4.80. The van der Waals surface area contributed by atoms with E-state index in [1.807, 2.05) is 50.2 Å². The topological polar surface area (TPSA) is 52.6 Å². The van der Waals surface area contributed by atoms with Gasteiger partial charge in [0.1, 0.15) is 23.0 Å². The van der Waals surface area contributed by atoms with Crippen molar-refractivity contribution in [3.8, 4) is 0 Å². The maximum atomic E-state index is 12.0. The number of carbonyl (C=O) groups is 2. The molecule has 26 heavy (non-hydrogen) atoms. The van der Waals surface area contributed by atoms with Gasteiger partial charge in [-0.1, -0.05) is 18.2 Å². The molecule has 4 nitrogen and oxygen atoms in total. The van der Waals surface area contributed by atoms with E-state index in [0.717, 1.165) is 20.9 Å². The first-order chi connectivity index (χ1) is 12.5. The van der Waals surface area contributed by atoms with Crippen LogP contribution in [0.5, 0.6) is 0 Å². The van der Waals surface area contributed by atoms with Crippen LogP contribution in [-0.4, -0.2) is 11.9 Å². The minimum absolute atomic E-state index is 0.182. The van der Waals surface area contributed by atoms with E-state index in [9.17, 15) is 9.59 Å². The first kappa shape index (κ1) is 18.4. The number of benzene rings is 1. The summed E-state index contributed by atoms with van der Waals surface area (Å²) in [7, 11) is 0. The van der Waals surface area contributed by atoms with Gasteiger partial charge in [0.2, 0.25) is 0 Å². The van der Waals surface area contributed by atoms with Gasteiger partial charge < -0.3 is 9.47 Å². The number of carbonyl (C=O) groups excluding carboxylic acids is 2. The molecule has 2 aromatic heterocycles. The molecule has 0 bridgehead atoms. The van der Waals surface area contributed by atoms with Gasteiger partial charge in [-0.25, -0.2) is 9.59 Å². The zero-order chi connectivity index (χ0) is 18.5. The van der Waals surface area contributed by atoms with Crippen LogP contribution in [0.1, 0.15) is 40.2 Å². The fourth-order valence-corrected chi connectivity index (χ4v) is 3.86. The summed E-state index contributed by atoms with van der Waals surface area (Å²) in [5.74, 6) is -0.652. The van der Waals surface area contributed by atoms with Gasteiger partial charge in [0.15, 0.2) is 0 Å². The van der Waals surface area contributed by atoms with Crippen molar-refractivity contribution >= 4 is 34.6 Å². The predicted molar refractivity (Wildman–Crippen MR) is 103 cm³/mol. The van der Waals surface area contributed by atoms with Gasteiger partial charge in [-0.3, -0.25) is 0 Å². The second kappa shape index (κ2) is 8.29. The zero-order valence-electron chi connectivity index (χ0n) is 14.5. The van der Waals surface area contributed by atoms with Crippen LogP contribution in [0.3, 0.4) is 0 Å². The molecular formula is C20H18O4S2. The molecule has 6 heteroatoms. The first-order valence-corrected chi connectivity index (χ1v) is 9.69. The molecule has 0 aliphatic carbocycles. The summed E-state index contributed by atoms with van der Waals surface area (Å²) in [6, 6.07) is 14.8. The lowest BCUT2D eigenvalue weighted by molar-refractivity contribution is 0.0477. The molecule has 0 atom stereocenters. The summed E-state index contributed by atoms with van der Waals surface area (Å²) >= 11 is 2.83. The summed E-state index contributed by atoms with van der Waals surface area (Å²) in [5.41, 5.74) is 1.71. The molecule has 0 saturated heterocycles. The van der Waals surface area contributed by atoms with Crippen LogP contribution in [0.4, 0.5) is 0 Å². The molecule has 0 N–H and O–H groups in total. The molecule has 134 valence electrons. The van der Waals surface area contributed by atoms with E-state index in [1.54, 1.807) is 12.1 Å². The number of rotatable bonds is 6. The molecule has 0 fully saturated rings. The van der Waals surface area contributed by atoms with E-state index >= 15 is 0 Å². The van der Waals surface area contributed by atoms with Crippen molar-refractivity contribution < 1.29 is 19.1 Å². The van der Waals surface area contributed by atoms with Crippen molar-refractivity contribution in [1.29, 1.82) is 0 Å². The Kier molecular flexibility index (Phi) is 5.85. The fourth-order valence-electron chi connectivity index (χ4n) is 2.34. The zero-order valence-corrected chi connectivity index (χ0v) is 16.1. The highest BCUT2D eigenvalue weighted by Crippen LogP contribution is 2.18. The molecule has 0 unspecified atom stereocenters. The number of ether oxygens (including phenoxy) is 2. The molecular weight excluding hydrogens is 368 g/mol. The lowest BCUT2D eigenvalue weighted by Gasteiger charge is -2.07. The van der Waals surface area contributed by atoms with E-state index in [4.69, 9.17) is 9.47 Å². The third-order valence-electron chi connectivity index (χ3n) is 3.61. The Hall–Kier alpha value is -2.44. The van der Waals surface area contributed by atoms with Gasteiger partial charge in [-0.05, 0) is 55.3 Å². The number of esters is 2. The average molecular weight is 386 g/mol. The standard InChI is InChI=1S/C20H18O4S2/c1-13-6-8-17(25-13)19(21)23-11-15-4-3-5-16(10-15)12-24-20(22)18-9-7-14(2)26-18/h3-10H,11-12H2,1-2H3. The van der Waals surface area contributed by atoms with Crippen molar-refractivity contribution in [3.05, 3.63) is 79.2 Å². The predicted octanol–water partition coefficient (Wildman–Crippen LogP) is 5.14. The minimum Gasteiger partial charge on any atom is -0.457 e. The van der Waals surface area contributed by atoms with Crippen molar-refractivity contribution in [2.45, 2.75) is 27.1 Å². The Morgan fingerprint density at radius 3 is 1.62 bits per heavy atom. The first-order valence-electron chi connectivity index (χ1n) is 8.06. The van der Waals surface area contributed by atoms with Crippen molar-refractivity contribution in [2.75, 3.05) is 0 Å². The summed E-state index contributed by atoms with van der Waals surface area (Å²) in [6.45, 7) is 4.26. The normalized spacial score (nSPS) is 10.5. The van der Waals surface area contributed by atoms with Gasteiger partial charge in [-0.2, -0.15) is 0 Å². The third-order valence-corrected chi connectivity index (χ3v) is 5.58. The lowest BCUT2D eigenvalue weighted by atomic mass is 10.1. The van der Waals surface area contributed by atoms with Crippen LogP contribution in [0.15, 0.2) is 48.5 Å². The van der Waals surface area contributed by atoms with Crippen LogP contribution >= 0.6 is 22.7 Å². The average Bonchev–Trinajstić information content (AvgIpc) is 3.26.